The minimum absolute atomic E-state index is 0.0207. The Morgan fingerprint density at radius 1 is 1.00 bits per heavy atom. The fourth-order valence-electron chi connectivity index (χ4n) is 2.82. The average molecular weight is 372 g/mol. The van der Waals surface area contributed by atoms with Gasteiger partial charge in [-0.25, -0.2) is 0 Å². The van der Waals surface area contributed by atoms with E-state index < -0.39 is 15.8 Å². The maximum absolute atomic E-state index is 12.5. The van der Waals surface area contributed by atoms with Crippen molar-refractivity contribution in [2.75, 3.05) is 36.5 Å². The van der Waals surface area contributed by atoms with Crippen molar-refractivity contribution in [3.8, 4) is 0 Å². The van der Waals surface area contributed by atoms with Crippen LogP contribution in [0.4, 0.5) is 22.7 Å². The standard InChI is InChI=1S/C17H16N4O6/c22-17(18-13-3-1-2-4-14(13)20(23)24)12-5-6-15(16(11-12)21(25)26)19-7-9-27-10-8-19/h1-6,11H,7-10H2,(H,18,22). The Bertz CT molecular complexity index is 895. The highest BCUT2D eigenvalue weighted by molar-refractivity contribution is 6.06. The van der Waals surface area contributed by atoms with Gasteiger partial charge in [0.25, 0.3) is 17.3 Å². The molecule has 1 amide bonds. The minimum Gasteiger partial charge on any atom is -0.378 e. The molecule has 1 aliphatic heterocycles. The number of rotatable bonds is 5. The van der Waals surface area contributed by atoms with Crippen LogP contribution in [-0.4, -0.2) is 42.1 Å². The Hall–Kier alpha value is -3.53. The maximum Gasteiger partial charge on any atom is 0.293 e. The topological polar surface area (TPSA) is 128 Å². The van der Waals surface area contributed by atoms with Crippen molar-refractivity contribution in [3.63, 3.8) is 0 Å². The molecule has 1 heterocycles. The average Bonchev–Trinajstić information content (AvgIpc) is 2.68. The Labute approximate surface area is 153 Å². The normalized spacial score (nSPS) is 13.9. The van der Waals surface area contributed by atoms with Crippen molar-refractivity contribution in [2.24, 2.45) is 0 Å². The Kier molecular flexibility index (Phi) is 5.27. The van der Waals surface area contributed by atoms with Crippen LogP contribution < -0.4 is 10.2 Å². The molecule has 0 spiro atoms. The van der Waals surface area contributed by atoms with Crippen molar-refractivity contribution in [2.45, 2.75) is 0 Å². The summed E-state index contributed by atoms with van der Waals surface area (Å²) < 4.78 is 5.25. The van der Waals surface area contributed by atoms with Gasteiger partial charge in [0.1, 0.15) is 11.4 Å². The molecule has 0 bridgehead atoms. The van der Waals surface area contributed by atoms with Gasteiger partial charge in [0.05, 0.1) is 23.1 Å². The second-order valence-corrected chi connectivity index (χ2v) is 5.79. The number of nitrogens with one attached hydrogen (secondary N) is 1. The smallest absolute Gasteiger partial charge is 0.293 e. The number of para-hydroxylation sites is 2. The molecule has 1 N–H and O–H groups in total. The second kappa shape index (κ2) is 7.79. The predicted molar refractivity (Wildman–Crippen MR) is 97.2 cm³/mol. The lowest BCUT2D eigenvalue weighted by Crippen LogP contribution is -2.36. The van der Waals surface area contributed by atoms with Crippen LogP contribution in [0.15, 0.2) is 42.5 Å². The van der Waals surface area contributed by atoms with E-state index in [1.165, 1.54) is 36.4 Å². The Balaban J connectivity index is 1.88. The molecule has 1 fully saturated rings. The molecule has 3 rings (SSSR count). The first-order valence-corrected chi connectivity index (χ1v) is 8.13. The van der Waals surface area contributed by atoms with E-state index in [1.54, 1.807) is 6.07 Å². The first-order valence-electron chi connectivity index (χ1n) is 8.13. The van der Waals surface area contributed by atoms with E-state index in [9.17, 15) is 25.0 Å². The number of hydrogen-bond donors (Lipinski definition) is 1. The molecule has 10 nitrogen and oxygen atoms in total. The molecule has 140 valence electrons. The molecule has 0 atom stereocenters. The first-order chi connectivity index (χ1) is 13.0. The van der Waals surface area contributed by atoms with Gasteiger partial charge >= 0.3 is 0 Å². The fourth-order valence-corrected chi connectivity index (χ4v) is 2.82. The number of amides is 1. The van der Waals surface area contributed by atoms with Gasteiger partial charge in [-0.15, -0.1) is 0 Å². The van der Waals surface area contributed by atoms with Crippen LogP contribution >= 0.6 is 0 Å². The van der Waals surface area contributed by atoms with E-state index in [0.717, 1.165) is 0 Å². The van der Waals surface area contributed by atoms with Crippen LogP contribution in [0.2, 0.25) is 0 Å². The molecular formula is C17H16N4O6. The van der Waals surface area contributed by atoms with Crippen LogP contribution in [0, 0.1) is 20.2 Å². The summed E-state index contributed by atoms with van der Waals surface area (Å²) in [6, 6.07) is 9.84. The zero-order valence-electron chi connectivity index (χ0n) is 14.2. The predicted octanol–water partition coefficient (Wildman–Crippen LogP) is 2.59. The van der Waals surface area contributed by atoms with Crippen molar-refractivity contribution in [1.82, 2.24) is 0 Å². The summed E-state index contributed by atoms with van der Waals surface area (Å²) >= 11 is 0. The second-order valence-electron chi connectivity index (χ2n) is 5.79. The molecule has 0 unspecified atom stereocenters. The van der Waals surface area contributed by atoms with Crippen LogP contribution in [0.3, 0.4) is 0 Å². The summed E-state index contributed by atoms with van der Waals surface area (Å²) in [5, 5.41) is 25.0. The van der Waals surface area contributed by atoms with Gasteiger partial charge in [0.15, 0.2) is 0 Å². The number of nitro benzene ring substituents is 2. The number of nitrogens with zero attached hydrogens (tertiary/aromatic N) is 3. The third kappa shape index (κ3) is 4.01. The Morgan fingerprint density at radius 2 is 1.67 bits per heavy atom. The summed E-state index contributed by atoms with van der Waals surface area (Å²) in [6.07, 6.45) is 0. The number of hydrogen-bond acceptors (Lipinski definition) is 7. The molecule has 0 radical (unpaired) electrons. The van der Waals surface area contributed by atoms with Gasteiger partial charge < -0.3 is 15.0 Å². The lowest BCUT2D eigenvalue weighted by atomic mass is 10.1. The van der Waals surface area contributed by atoms with Crippen molar-refractivity contribution >= 4 is 28.7 Å². The molecular weight excluding hydrogens is 356 g/mol. The maximum atomic E-state index is 12.5. The SMILES string of the molecule is O=C(Nc1ccccc1[N+](=O)[O-])c1ccc(N2CCOCC2)c([N+](=O)[O-])c1. The van der Waals surface area contributed by atoms with Gasteiger partial charge in [-0.1, -0.05) is 12.1 Å². The van der Waals surface area contributed by atoms with Crippen molar-refractivity contribution in [3.05, 3.63) is 68.3 Å². The molecule has 1 saturated heterocycles. The summed E-state index contributed by atoms with van der Waals surface area (Å²) in [5.74, 6) is -0.666. The highest BCUT2D eigenvalue weighted by Crippen LogP contribution is 2.31. The number of morpholine rings is 1. The van der Waals surface area contributed by atoms with E-state index >= 15 is 0 Å². The lowest BCUT2D eigenvalue weighted by molar-refractivity contribution is -0.384. The molecule has 0 saturated carbocycles. The minimum atomic E-state index is -0.666. The lowest BCUT2D eigenvalue weighted by Gasteiger charge is -2.28. The van der Waals surface area contributed by atoms with Crippen molar-refractivity contribution in [1.29, 1.82) is 0 Å². The van der Waals surface area contributed by atoms with E-state index in [-0.39, 0.29) is 22.6 Å². The zero-order valence-corrected chi connectivity index (χ0v) is 14.2. The molecule has 0 aliphatic carbocycles. The number of carbonyl (C=O) groups is 1. The van der Waals surface area contributed by atoms with Crippen LogP contribution in [0.1, 0.15) is 10.4 Å². The van der Waals surface area contributed by atoms with E-state index in [1.807, 2.05) is 4.90 Å². The summed E-state index contributed by atoms with van der Waals surface area (Å²) in [5.41, 5.74) is 0.00667. The molecule has 0 aromatic heterocycles. The largest absolute Gasteiger partial charge is 0.378 e. The van der Waals surface area contributed by atoms with Crippen LogP contribution in [0.5, 0.6) is 0 Å². The quantitative estimate of drug-likeness (QED) is 0.631. The van der Waals surface area contributed by atoms with Crippen LogP contribution in [0.25, 0.3) is 0 Å². The highest BCUT2D eigenvalue weighted by atomic mass is 16.6. The first kappa shape index (κ1) is 18.3. The highest BCUT2D eigenvalue weighted by Gasteiger charge is 2.24. The molecule has 27 heavy (non-hydrogen) atoms. The number of carbonyl (C=O) groups excluding carboxylic acids is 1. The van der Waals surface area contributed by atoms with Gasteiger partial charge in [-0.2, -0.15) is 0 Å². The van der Waals surface area contributed by atoms with Gasteiger partial charge in [0, 0.05) is 30.8 Å². The molecule has 10 heteroatoms. The monoisotopic (exact) mass is 372 g/mol. The fraction of sp³-hybridized carbons (Fsp3) is 0.235. The zero-order chi connectivity index (χ0) is 19.4. The summed E-state index contributed by atoms with van der Waals surface area (Å²) in [4.78, 5) is 35.6. The number of nitro groups is 2. The third-order valence-corrected chi connectivity index (χ3v) is 4.14. The van der Waals surface area contributed by atoms with E-state index in [2.05, 4.69) is 5.32 Å². The Morgan fingerprint density at radius 3 is 2.33 bits per heavy atom. The number of ether oxygens (including phenoxy) is 1. The molecule has 2 aromatic rings. The molecule has 1 aliphatic rings. The van der Waals surface area contributed by atoms with Gasteiger partial charge in [-0.05, 0) is 18.2 Å². The third-order valence-electron chi connectivity index (χ3n) is 4.14. The number of benzene rings is 2. The summed E-state index contributed by atoms with van der Waals surface area (Å²) in [7, 11) is 0. The summed E-state index contributed by atoms with van der Waals surface area (Å²) in [6.45, 7) is 1.97. The van der Waals surface area contributed by atoms with E-state index in [0.29, 0.717) is 32.0 Å². The van der Waals surface area contributed by atoms with Gasteiger partial charge in [-0.3, -0.25) is 25.0 Å². The van der Waals surface area contributed by atoms with Crippen LogP contribution in [-0.2, 0) is 4.74 Å². The molecule has 2 aromatic carbocycles. The van der Waals surface area contributed by atoms with E-state index in [4.69, 9.17) is 4.74 Å². The van der Waals surface area contributed by atoms with Gasteiger partial charge in [0.2, 0.25) is 0 Å². The number of anilines is 2. The van der Waals surface area contributed by atoms with Crippen molar-refractivity contribution < 1.29 is 19.4 Å².